The number of hydrogen-bond acceptors (Lipinski definition) is 3. The lowest BCUT2D eigenvalue weighted by atomic mass is 10.3. The van der Waals surface area contributed by atoms with Crippen LogP contribution in [0.5, 0.6) is 5.75 Å². The van der Waals surface area contributed by atoms with E-state index in [0.717, 1.165) is 18.5 Å². The second-order valence-corrected chi connectivity index (χ2v) is 3.31. The zero-order valence-corrected chi connectivity index (χ0v) is 7.95. The Morgan fingerprint density at radius 1 is 1.36 bits per heavy atom. The number of nitrogens with zero attached hydrogens (tertiary/aromatic N) is 1. The van der Waals surface area contributed by atoms with Gasteiger partial charge in [-0.3, -0.25) is 9.59 Å². The lowest BCUT2D eigenvalue weighted by molar-refractivity contribution is 0.405. The van der Waals surface area contributed by atoms with Gasteiger partial charge in [0, 0.05) is 24.4 Å². The van der Waals surface area contributed by atoms with Crippen molar-refractivity contribution in [3.63, 3.8) is 0 Å². The molecule has 0 saturated heterocycles. The second-order valence-electron chi connectivity index (χ2n) is 3.31. The van der Waals surface area contributed by atoms with E-state index in [1.165, 1.54) is 19.2 Å². The highest BCUT2D eigenvalue weighted by Crippen LogP contribution is 2.10. The summed E-state index contributed by atoms with van der Waals surface area (Å²) in [6, 6.07) is 2.75. The summed E-state index contributed by atoms with van der Waals surface area (Å²) >= 11 is 0. The van der Waals surface area contributed by atoms with Gasteiger partial charge in [-0.2, -0.15) is 0 Å². The maximum Gasteiger partial charge on any atom is 0.293 e. The Morgan fingerprint density at radius 2 is 2.14 bits per heavy atom. The largest absolute Gasteiger partial charge is 0.491 e. The monoisotopic (exact) mass is 193 g/mol. The van der Waals surface area contributed by atoms with Gasteiger partial charge in [-0.1, -0.05) is 0 Å². The molecule has 1 aliphatic heterocycles. The molecule has 0 saturated carbocycles. The highest BCUT2D eigenvalue weighted by Gasteiger charge is 2.13. The van der Waals surface area contributed by atoms with Crippen molar-refractivity contribution < 1.29 is 4.74 Å². The van der Waals surface area contributed by atoms with Gasteiger partial charge < -0.3 is 9.30 Å². The number of ether oxygens (including phenoxy) is 1. The Labute approximate surface area is 80.8 Å². The molecule has 0 bridgehead atoms. The Hall–Kier alpha value is -1.58. The Bertz CT molecular complexity index is 476. The smallest absolute Gasteiger partial charge is 0.293 e. The molecule has 0 amide bonds. The molecule has 0 spiro atoms. The van der Waals surface area contributed by atoms with Crippen LogP contribution in [0.2, 0.25) is 0 Å². The summed E-state index contributed by atoms with van der Waals surface area (Å²) in [4.78, 5) is 23.1. The van der Waals surface area contributed by atoms with Gasteiger partial charge in [-0.15, -0.1) is 0 Å². The molecule has 0 N–H and O–H groups in total. The lowest BCUT2D eigenvalue weighted by Gasteiger charge is -1.98. The van der Waals surface area contributed by atoms with E-state index in [0.29, 0.717) is 6.54 Å². The maximum atomic E-state index is 11.7. The Kier molecular flexibility index (Phi) is 2.11. The first kappa shape index (κ1) is 8.99. The van der Waals surface area contributed by atoms with Gasteiger partial charge >= 0.3 is 0 Å². The van der Waals surface area contributed by atoms with Crippen LogP contribution in [0.3, 0.4) is 0 Å². The molecule has 2 rings (SSSR count). The van der Waals surface area contributed by atoms with E-state index in [4.69, 9.17) is 4.74 Å². The molecule has 0 radical (unpaired) electrons. The second kappa shape index (κ2) is 3.29. The molecule has 4 nitrogen and oxygen atoms in total. The molecule has 74 valence electrons. The molecule has 4 heteroatoms. The summed E-state index contributed by atoms with van der Waals surface area (Å²) in [7, 11) is 1.40. The van der Waals surface area contributed by atoms with E-state index < -0.39 is 0 Å². The van der Waals surface area contributed by atoms with Crippen LogP contribution < -0.4 is 15.7 Å². The van der Waals surface area contributed by atoms with Crippen molar-refractivity contribution in [1.29, 1.82) is 0 Å². The number of fused-ring (bicyclic) bond motifs is 1. The molecular weight excluding hydrogens is 182 g/mol. The van der Waals surface area contributed by atoms with Crippen molar-refractivity contribution in [2.45, 2.75) is 19.4 Å². The quantitative estimate of drug-likeness (QED) is 0.638. The van der Waals surface area contributed by atoms with Crippen LogP contribution in [0.25, 0.3) is 0 Å². The molecule has 0 fully saturated rings. The van der Waals surface area contributed by atoms with Crippen LogP contribution in [-0.2, 0) is 13.0 Å². The summed E-state index contributed by atoms with van der Waals surface area (Å²) < 4.78 is 6.49. The maximum absolute atomic E-state index is 11.7. The van der Waals surface area contributed by atoms with Crippen LogP contribution >= 0.6 is 0 Å². The zero-order valence-electron chi connectivity index (χ0n) is 7.95. The Morgan fingerprint density at radius 3 is 2.86 bits per heavy atom. The Balaban J connectivity index is 2.83. The minimum atomic E-state index is -0.206. The first-order valence-corrected chi connectivity index (χ1v) is 4.54. The molecular formula is C10H11NO3. The molecule has 0 atom stereocenters. The number of aryl methyl sites for hydroxylation is 1. The van der Waals surface area contributed by atoms with Crippen molar-refractivity contribution in [2.75, 3.05) is 7.11 Å². The van der Waals surface area contributed by atoms with Crippen molar-refractivity contribution in [3.05, 3.63) is 38.4 Å². The van der Waals surface area contributed by atoms with Crippen LogP contribution in [-0.4, -0.2) is 11.7 Å². The molecule has 0 aromatic carbocycles. The fourth-order valence-corrected chi connectivity index (χ4v) is 1.75. The standard InChI is InChI=1S/C10H11NO3/c1-14-9-6-8(12)5-7-3-2-4-11(7)10(9)13/h5-6H,2-4H2,1H3. The van der Waals surface area contributed by atoms with Gasteiger partial charge in [-0.25, -0.2) is 0 Å². The van der Waals surface area contributed by atoms with Crippen LogP contribution in [0.1, 0.15) is 12.1 Å². The van der Waals surface area contributed by atoms with E-state index >= 15 is 0 Å². The van der Waals surface area contributed by atoms with Crippen molar-refractivity contribution in [3.8, 4) is 5.75 Å². The minimum absolute atomic E-state index is 0.128. The first-order valence-electron chi connectivity index (χ1n) is 4.54. The van der Waals surface area contributed by atoms with Crippen LogP contribution in [0, 0.1) is 0 Å². The molecule has 2 heterocycles. The average Bonchev–Trinajstić information content (AvgIpc) is 2.57. The van der Waals surface area contributed by atoms with Crippen LogP contribution in [0.4, 0.5) is 0 Å². The predicted octanol–water partition coefficient (Wildman–Crippen LogP) is 0.163. The number of aromatic nitrogens is 1. The predicted molar refractivity (Wildman–Crippen MR) is 51.8 cm³/mol. The first-order chi connectivity index (χ1) is 6.72. The van der Waals surface area contributed by atoms with Gasteiger partial charge in [-0.05, 0) is 12.8 Å². The van der Waals surface area contributed by atoms with Crippen molar-refractivity contribution in [2.24, 2.45) is 0 Å². The summed E-state index contributed by atoms with van der Waals surface area (Å²) in [5.41, 5.74) is 0.431. The third kappa shape index (κ3) is 1.32. The summed E-state index contributed by atoms with van der Waals surface area (Å²) in [5.74, 6) is 0.128. The van der Waals surface area contributed by atoms with Crippen molar-refractivity contribution >= 4 is 0 Å². The highest BCUT2D eigenvalue weighted by atomic mass is 16.5. The van der Waals surface area contributed by atoms with Gasteiger partial charge in [0.15, 0.2) is 11.2 Å². The average molecular weight is 193 g/mol. The van der Waals surface area contributed by atoms with E-state index in [2.05, 4.69) is 0 Å². The SMILES string of the molecule is COc1cc(=O)cc2n(c1=O)CCC2. The molecule has 14 heavy (non-hydrogen) atoms. The third-order valence-corrected chi connectivity index (χ3v) is 2.42. The third-order valence-electron chi connectivity index (χ3n) is 2.42. The van der Waals surface area contributed by atoms with Crippen molar-refractivity contribution in [1.82, 2.24) is 4.57 Å². The number of hydrogen-bond donors (Lipinski definition) is 0. The molecule has 0 unspecified atom stereocenters. The fourth-order valence-electron chi connectivity index (χ4n) is 1.75. The normalized spacial score (nSPS) is 13.8. The van der Waals surface area contributed by atoms with Gasteiger partial charge in [0.1, 0.15) is 0 Å². The van der Waals surface area contributed by atoms with E-state index in [1.54, 1.807) is 4.57 Å². The number of rotatable bonds is 1. The summed E-state index contributed by atoms with van der Waals surface area (Å²) in [5, 5.41) is 0. The molecule has 1 aromatic rings. The van der Waals surface area contributed by atoms with E-state index in [1.807, 2.05) is 0 Å². The number of methoxy groups -OCH3 is 1. The molecule has 1 aliphatic rings. The van der Waals surface area contributed by atoms with Gasteiger partial charge in [0.25, 0.3) is 5.56 Å². The molecule has 0 aliphatic carbocycles. The highest BCUT2D eigenvalue weighted by molar-refractivity contribution is 5.21. The minimum Gasteiger partial charge on any atom is -0.491 e. The zero-order chi connectivity index (χ0) is 10.1. The van der Waals surface area contributed by atoms with Gasteiger partial charge in [0.05, 0.1) is 7.11 Å². The molecule has 1 aromatic heterocycles. The topological polar surface area (TPSA) is 48.3 Å². The van der Waals surface area contributed by atoms with Gasteiger partial charge in [0.2, 0.25) is 0 Å². The lowest BCUT2D eigenvalue weighted by Crippen LogP contribution is -2.17. The summed E-state index contributed by atoms with van der Waals surface area (Å²) in [6.07, 6.45) is 1.71. The van der Waals surface area contributed by atoms with E-state index in [9.17, 15) is 9.59 Å². The fraction of sp³-hybridized carbons (Fsp3) is 0.400. The summed E-state index contributed by atoms with van der Waals surface area (Å²) in [6.45, 7) is 0.679. The van der Waals surface area contributed by atoms with Crippen LogP contribution in [0.15, 0.2) is 21.7 Å². The van der Waals surface area contributed by atoms with E-state index in [-0.39, 0.29) is 16.7 Å².